The second-order valence-electron chi connectivity index (χ2n) is 2.36. The summed E-state index contributed by atoms with van der Waals surface area (Å²) in [6.45, 7) is 4.15. The summed E-state index contributed by atoms with van der Waals surface area (Å²) in [5.74, 6) is -4.80. The fourth-order valence-electron chi connectivity index (χ4n) is 0.570. The van der Waals surface area contributed by atoms with E-state index in [0.717, 1.165) is 13.0 Å². The first-order valence-corrected chi connectivity index (χ1v) is 3.20. The van der Waals surface area contributed by atoms with Crippen molar-refractivity contribution < 1.29 is 22.0 Å². The van der Waals surface area contributed by atoms with Crippen LogP contribution in [0, 0.1) is 0 Å². The molecule has 0 aromatic heterocycles. The largest absolute Gasteiger partial charge is 0.457 e. The van der Waals surface area contributed by atoms with E-state index in [2.05, 4.69) is 12.3 Å². The Kier molecular flexibility index (Phi) is 3.43. The molecule has 0 N–H and O–H groups in total. The second kappa shape index (κ2) is 3.75. The molecule has 0 atom stereocenters. The van der Waals surface area contributed by atoms with Crippen LogP contribution in [0.25, 0.3) is 0 Å². The van der Waals surface area contributed by atoms with Crippen LogP contribution in [0.2, 0.25) is 0 Å². The molecule has 0 heterocycles. The van der Waals surface area contributed by atoms with E-state index in [1.165, 1.54) is 0 Å². The van der Waals surface area contributed by atoms with Crippen LogP contribution in [-0.2, 0) is 0 Å². The average Bonchev–Trinajstić information content (AvgIpc) is 1.83. The van der Waals surface area contributed by atoms with Gasteiger partial charge in [-0.15, -0.1) is 5.73 Å². The zero-order valence-electron chi connectivity index (χ0n) is 6.75. The van der Waals surface area contributed by atoms with Crippen molar-refractivity contribution in [2.24, 2.45) is 0 Å². The van der Waals surface area contributed by atoms with Crippen LogP contribution in [0.15, 0.2) is 30.0 Å². The number of hydrogen-bond donors (Lipinski definition) is 0. The molecular formula is C8H7F5. The van der Waals surface area contributed by atoms with Gasteiger partial charge in [0.2, 0.25) is 0 Å². The molecule has 0 rings (SSSR count). The van der Waals surface area contributed by atoms with Gasteiger partial charge in [0.1, 0.15) is 0 Å². The highest BCUT2D eigenvalue weighted by Crippen LogP contribution is 2.37. The molecule has 0 radical (unpaired) electrons. The van der Waals surface area contributed by atoms with E-state index in [1.54, 1.807) is 0 Å². The molecule has 0 bridgehead atoms. The van der Waals surface area contributed by atoms with Crippen LogP contribution >= 0.6 is 0 Å². The zero-order chi connectivity index (χ0) is 10.7. The maximum Gasteiger partial charge on any atom is 0.457 e. The third-order valence-corrected chi connectivity index (χ3v) is 1.12. The predicted molar refractivity (Wildman–Crippen MR) is 38.5 cm³/mol. The fourth-order valence-corrected chi connectivity index (χ4v) is 0.570. The lowest BCUT2D eigenvalue weighted by Gasteiger charge is -2.15. The van der Waals surface area contributed by atoms with Crippen LogP contribution in [0.1, 0.15) is 6.92 Å². The summed E-state index contributed by atoms with van der Waals surface area (Å²) in [5, 5.41) is 0. The van der Waals surface area contributed by atoms with Crippen molar-refractivity contribution >= 4 is 0 Å². The Morgan fingerprint density at radius 3 is 2.00 bits per heavy atom. The molecule has 0 aliphatic rings. The van der Waals surface area contributed by atoms with Gasteiger partial charge in [-0.1, -0.05) is 6.58 Å². The Bertz CT molecular complexity index is 252. The Morgan fingerprint density at radius 1 is 1.23 bits per heavy atom. The van der Waals surface area contributed by atoms with Crippen molar-refractivity contribution in [1.29, 1.82) is 0 Å². The molecule has 0 spiro atoms. The number of alkyl halides is 5. The van der Waals surface area contributed by atoms with Gasteiger partial charge in [0, 0.05) is 0 Å². The minimum absolute atomic E-state index is 0.175. The number of rotatable bonds is 2. The Labute approximate surface area is 72.1 Å². The van der Waals surface area contributed by atoms with Crippen molar-refractivity contribution in [2.75, 3.05) is 0 Å². The van der Waals surface area contributed by atoms with Gasteiger partial charge >= 0.3 is 12.1 Å². The topological polar surface area (TPSA) is 0 Å². The van der Waals surface area contributed by atoms with Gasteiger partial charge in [0.05, 0.1) is 0 Å². The molecule has 0 aromatic rings. The molecule has 0 aliphatic heterocycles. The SMILES string of the molecule is C=C=CC(C)=CC(F)(F)C(F)(F)F. The molecule has 0 saturated carbocycles. The van der Waals surface area contributed by atoms with E-state index in [0.29, 0.717) is 0 Å². The molecule has 0 unspecified atom stereocenters. The molecule has 74 valence electrons. The smallest absolute Gasteiger partial charge is 0.191 e. The lowest BCUT2D eigenvalue weighted by atomic mass is 10.2. The van der Waals surface area contributed by atoms with Crippen LogP contribution in [-0.4, -0.2) is 12.1 Å². The van der Waals surface area contributed by atoms with Gasteiger partial charge in [-0.3, -0.25) is 0 Å². The van der Waals surface area contributed by atoms with E-state index in [1.807, 2.05) is 0 Å². The highest BCUT2D eigenvalue weighted by Gasteiger charge is 2.55. The molecule has 0 aromatic carbocycles. The van der Waals surface area contributed by atoms with Crippen LogP contribution in [0.5, 0.6) is 0 Å². The summed E-state index contributed by atoms with van der Waals surface area (Å²) < 4.78 is 59.2. The maximum atomic E-state index is 12.2. The number of halogens is 5. The molecule has 5 heteroatoms. The monoisotopic (exact) mass is 198 g/mol. The fraction of sp³-hybridized carbons (Fsp3) is 0.375. The lowest BCUT2D eigenvalue weighted by Crippen LogP contribution is -2.34. The lowest BCUT2D eigenvalue weighted by molar-refractivity contribution is -0.259. The Morgan fingerprint density at radius 2 is 1.69 bits per heavy atom. The summed E-state index contributed by atoms with van der Waals surface area (Å²) in [6.07, 6.45) is -4.78. The Hall–Kier alpha value is -1.09. The van der Waals surface area contributed by atoms with Gasteiger partial charge in [-0.05, 0) is 24.6 Å². The first-order valence-electron chi connectivity index (χ1n) is 3.20. The van der Waals surface area contributed by atoms with Crippen molar-refractivity contribution in [2.45, 2.75) is 19.0 Å². The molecule has 0 nitrogen and oxygen atoms in total. The molecular weight excluding hydrogens is 191 g/mol. The molecule has 0 aliphatic carbocycles. The first-order chi connectivity index (χ1) is 5.70. The number of hydrogen-bond acceptors (Lipinski definition) is 0. The second-order valence-corrected chi connectivity index (χ2v) is 2.36. The standard InChI is InChI=1S/C8H7F5/c1-3-4-6(2)5-7(9,10)8(11,12)13/h4-5H,1H2,2H3. The molecule has 0 amide bonds. The predicted octanol–water partition coefficient (Wildman–Crippen LogP) is 3.47. The highest BCUT2D eigenvalue weighted by atomic mass is 19.4. The number of allylic oxidation sites excluding steroid dienone is 3. The van der Waals surface area contributed by atoms with E-state index < -0.39 is 12.1 Å². The van der Waals surface area contributed by atoms with E-state index in [4.69, 9.17) is 0 Å². The summed E-state index contributed by atoms with van der Waals surface area (Å²) in [7, 11) is 0. The van der Waals surface area contributed by atoms with Crippen LogP contribution in [0.3, 0.4) is 0 Å². The Balaban J connectivity index is 4.88. The van der Waals surface area contributed by atoms with E-state index >= 15 is 0 Å². The third-order valence-electron chi connectivity index (χ3n) is 1.12. The highest BCUT2D eigenvalue weighted by molar-refractivity contribution is 5.19. The van der Waals surface area contributed by atoms with Gasteiger partial charge in [0.15, 0.2) is 0 Å². The minimum Gasteiger partial charge on any atom is -0.191 e. The van der Waals surface area contributed by atoms with Gasteiger partial charge in [0.25, 0.3) is 0 Å². The summed E-state index contributed by atoms with van der Waals surface area (Å²) in [6, 6.07) is 0. The van der Waals surface area contributed by atoms with Gasteiger partial charge in [-0.2, -0.15) is 22.0 Å². The molecule has 0 fully saturated rings. The van der Waals surface area contributed by atoms with Gasteiger partial charge < -0.3 is 0 Å². The quantitative estimate of drug-likeness (QED) is 0.362. The van der Waals surface area contributed by atoms with Gasteiger partial charge in [-0.25, -0.2) is 0 Å². The van der Waals surface area contributed by atoms with E-state index in [-0.39, 0.29) is 11.6 Å². The van der Waals surface area contributed by atoms with Crippen LogP contribution in [0.4, 0.5) is 22.0 Å². The first kappa shape index (κ1) is 11.9. The summed E-state index contributed by atoms with van der Waals surface area (Å²) in [4.78, 5) is 0. The van der Waals surface area contributed by atoms with Crippen molar-refractivity contribution in [3.8, 4) is 0 Å². The van der Waals surface area contributed by atoms with Crippen molar-refractivity contribution in [3.05, 3.63) is 30.0 Å². The van der Waals surface area contributed by atoms with E-state index in [9.17, 15) is 22.0 Å². The van der Waals surface area contributed by atoms with Crippen molar-refractivity contribution in [1.82, 2.24) is 0 Å². The molecule has 0 saturated heterocycles. The summed E-state index contributed by atoms with van der Waals surface area (Å²) in [5.41, 5.74) is 1.86. The molecule has 13 heavy (non-hydrogen) atoms. The summed E-state index contributed by atoms with van der Waals surface area (Å²) >= 11 is 0. The normalized spacial score (nSPS) is 13.8. The average molecular weight is 198 g/mol. The minimum atomic E-state index is -5.55. The third kappa shape index (κ3) is 3.42. The van der Waals surface area contributed by atoms with Crippen molar-refractivity contribution in [3.63, 3.8) is 0 Å². The zero-order valence-corrected chi connectivity index (χ0v) is 6.75. The maximum absolute atomic E-state index is 12.2. The van der Waals surface area contributed by atoms with Crippen LogP contribution < -0.4 is 0 Å².